The Labute approximate surface area is 177 Å². The zero-order valence-corrected chi connectivity index (χ0v) is 18.8. The molecule has 2 heteroatoms. The molecule has 0 saturated heterocycles. The Balaban J connectivity index is 1.92. The van der Waals surface area contributed by atoms with Crippen molar-refractivity contribution in [3.05, 3.63) is 71.6 Å². The Hall–Kier alpha value is -2.22. The molecule has 29 heavy (non-hydrogen) atoms. The zero-order valence-electron chi connectivity index (χ0n) is 18.8. The van der Waals surface area contributed by atoms with Crippen molar-refractivity contribution in [1.29, 1.82) is 0 Å². The summed E-state index contributed by atoms with van der Waals surface area (Å²) < 4.78 is 0. The summed E-state index contributed by atoms with van der Waals surface area (Å²) in [5.41, 5.74) is 7.10. The van der Waals surface area contributed by atoms with Gasteiger partial charge in [-0.05, 0) is 50.5 Å². The Morgan fingerprint density at radius 3 is 2.00 bits per heavy atom. The second kappa shape index (κ2) is 7.89. The fraction of sp³-hybridized carbons (Fsp3) is 0.481. The molecule has 4 rings (SSSR count). The van der Waals surface area contributed by atoms with Gasteiger partial charge in [0.15, 0.2) is 0 Å². The van der Waals surface area contributed by atoms with Crippen LogP contribution in [-0.4, -0.2) is 6.17 Å². The topological polar surface area (TPSA) is 6.48 Å². The number of benzene rings is 2. The van der Waals surface area contributed by atoms with Crippen LogP contribution in [-0.2, 0) is 0 Å². The van der Waals surface area contributed by atoms with Crippen LogP contribution in [0.1, 0.15) is 65.4 Å². The summed E-state index contributed by atoms with van der Waals surface area (Å²) in [6, 6.07) is 19.9. The van der Waals surface area contributed by atoms with Crippen LogP contribution in [0.3, 0.4) is 0 Å². The second-order valence-electron chi connectivity index (χ2n) is 9.91. The number of anilines is 2. The zero-order chi connectivity index (χ0) is 20.6. The van der Waals surface area contributed by atoms with Crippen LogP contribution in [0.25, 0.3) is 0 Å². The molecular weight excluding hydrogens is 352 g/mol. The van der Waals surface area contributed by atoms with Crippen molar-refractivity contribution in [1.82, 2.24) is 0 Å². The molecule has 0 radical (unpaired) electrons. The number of hydrogen-bond donors (Lipinski definition) is 0. The molecule has 2 aliphatic rings. The summed E-state index contributed by atoms with van der Waals surface area (Å²) >= 11 is 0. The normalized spacial score (nSPS) is 21.2. The molecule has 2 aromatic carbocycles. The monoisotopic (exact) mass is 388 g/mol. The smallest absolute Gasteiger partial charge is 0.115 e. The summed E-state index contributed by atoms with van der Waals surface area (Å²) in [7, 11) is 0. The van der Waals surface area contributed by atoms with E-state index in [9.17, 15) is 0 Å². The van der Waals surface area contributed by atoms with Crippen molar-refractivity contribution in [3.8, 4) is 0 Å². The maximum Gasteiger partial charge on any atom is 0.115 e. The van der Waals surface area contributed by atoms with E-state index in [2.05, 4.69) is 99.0 Å². The maximum atomic E-state index is 2.68. The first-order chi connectivity index (χ1) is 13.9. The predicted octanol–water partition coefficient (Wildman–Crippen LogP) is 7.51. The van der Waals surface area contributed by atoms with Gasteiger partial charge in [-0.2, -0.15) is 0 Å². The Kier molecular flexibility index (Phi) is 5.46. The molecule has 2 nitrogen and oxygen atoms in total. The van der Waals surface area contributed by atoms with Crippen molar-refractivity contribution in [2.75, 3.05) is 9.80 Å². The number of hydrogen-bond acceptors (Lipinski definition) is 2. The van der Waals surface area contributed by atoms with Crippen molar-refractivity contribution in [2.24, 2.45) is 11.3 Å². The van der Waals surface area contributed by atoms with Crippen LogP contribution >= 0.6 is 0 Å². The van der Waals surface area contributed by atoms with E-state index in [4.69, 9.17) is 0 Å². The summed E-state index contributed by atoms with van der Waals surface area (Å²) in [5, 5.41) is 0. The lowest BCUT2D eigenvalue weighted by Gasteiger charge is -2.44. The molecule has 1 aliphatic carbocycles. The Morgan fingerprint density at radius 1 is 0.759 bits per heavy atom. The van der Waals surface area contributed by atoms with E-state index in [-0.39, 0.29) is 11.6 Å². The van der Waals surface area contributed by atoms with Gasteiger partial charge in [0, 0.05) is 34.1 Å². The van der Waals surface area contributed by atoms with Crippen molar-refractivity contribution < 1.29 is 0 Å². The molecule has 1 heterocycles. The Morgan fingerprint density at radius 2 is 1.38 bits per heavy atom. The van der Waals surface area contributed by atoms with Gasteiger partial charge in [-0.3, -0.25) is 0 Å². The highest BCUT2D eigenvalue weighted by Gasteiger charge is 2.46. The molecule has 0 amide bonds. The first-order valence-corrected chi connectivity index (χ1v) is 11.3. The molecule has 1 saturated carbocycles. The average molecular weight is 389 g/mol. The highest BCUT2D eigenvalue weighted by molar-refractivity contribution is 5.69. The van der Waals surface area contributed by atoms with E-state index in [1.807, 2.05) is 0 Å². The number of aryl methyl sites for hydroxylation is 1. The van der Waals surface area contributed by atoms with E-state index in [1.54, 1.807) is 5.70 Å². The molecule has 0 aromatic heterocycles. The first-order valence-electron chi connectivity index (χ1n) is 11.3. The summed E-state index contributed by atoms with van der Waals surface area (Å²) in [4.78, 5) is 5.31. The number of para-hydroxylation sites is 2. The summed E-state index contributed by atoms with van der Waals surface area (Å²) in [5.74, 6) is 0.655. The van der Waals surface area contributed by atoms with Crippen LogP contribution in [0.15, 0.2) is 66.0 Å². The number of rotatable bonds is 3. The fourth-order valence-electron chi connectivity index (χ4n) is 5.39. The van der Waals surface area contributed by atoms with Gasteiger partial charge in [0.1, 0.15) is 6.17 Å². The fourth-order valence-corrected chi connectivity index (χ4v) is 5.39. The molecule has 1 unspecified atom stereocenters. The maximum absolute atomic E-state index is 2.68. The molecule has 2 aromatic rings. The average Bonchev–Trinajstić information content (AvgIpc) is 3.03. The van der Waals surface area contributed by atoms with Crippen LogP contribution in [0.2, 0.25) is 0 Å². The number of allylic oxidation sites excluding steroid dienone is 2. The highest BCUT2D eigenvalue weighted by atomic mass is 15.4. The quantitative estimate of drug-likeness (QED) is 0.537. The minimum absolute atomic E-state index is 0.0931. The summed E-state index contributed by atoms with van der Waals surface area (Å²) in [6.07, 6.45) is 6.99. The van der Waals surface area contributed by atoms with Gasteiger partial charge in [-0.15, -0.1) is 0 Å². The molecule has 0 N–H and O–H groups in total. The van der Waals surface area contributed by atoms with Crippen LogP contribution in [0, 0.1) is 18.3 Å². The van der Waals surface area contributed by atoms with E-state index in [1.165, 1.54) is 54.7 Å². The van der Waals surface area contributed by atoms with E-state index in [0.29, 0.717) is 5.92 Å². The van der Waals surface area contributed by atoms with Gasteiger partial charge in [0.25, 0.3) is 0 Å². The van der Waals surface area contributed by atoms with Gasteiger partial charge < -0.3 is 9.80 Å². The molecule has 1 atom stereocenters. The van der Waals surface area contributed by atoms with Crippen LogP contribution < -0.4 is 9.80 Å². The molecule has 1 aliphatic heterocycles. The van der Waals surface area contributed by atoms with Crippen LogP contribution in [0.5, 0.6) is 0 Å². The van der Waals surface area contributed by atoms with Gasteiger partial charge in [0.2, 0.25) is 0 Å². The molecular formula is C27H36N2. The van der Waals surface area contributed by atoms with Crippen LogP contribution in [0.4, 0.5) is 11.4 Å². The van der Waals surface area contributed by atoms with Crippen molar-refractivity contribution >= 4 is 11.4 Å². The Bertz CT molecular complexity index is 869. The standard InChI is InChI=1S/C27H36N2/c1-20-14-12-13-19-24(20)28-21(2)25(22-15-8-6-9-16-22)29(26(28)27(3,4)5)23-17-10-7-11-18-23/h7,10-14,17-19,22,26H,6,8-9,15-16H2,1-5H3. The van der Waals surface area contributed by atoms with E-state index < -0.39 is 0 Å². The van der Waals surface area contributed by atoms with Gasteiger partial charge in [0.05, 0.1) is 0 Å². The van der Waals surface area contributed by atoms with Gasteiger partial charge >= 0.3 is 0 Å². The molecule has 0 bridgehead atoms. The minimum atomic E-state index is 0.0931. The lowest BCUT2D eigenvalue weighted by molar-refractivity contribution is 0.313. The first kappa shape index (κ1) is 20.1. The lowest BCUT2D eigenvalue weighted by atomic mass is 9.85. The molecule has 154 valence electrons. The van der Waals surface area contributed by atoms with Crippen molar-refractivity contribution in [2.45, 2.75) is 72.9 Å². The molecule has 0 spiro atoms. The van der Waals surface area contributed by atoms with Crippen molar-refractivity contribution in [3.63, 3.8) is 0 Å². The predicted molar refractivity (Wildman–Crippen MR) is 125 cm³/mol. The van der Waals surface area contributed by atoms with E-state index in [0.717, 1.165) is 0 Å². The van der Waals surface area contributed by atoms with Gasteiger partial charge in [-0.25, -0.2) is 0 Å². The third kappa shape index (κ3) is 3.70. The minimum Gasteiger partial charge on any atom is -0.322 e. The SMILES string of the molecule is CC1=C(C2CCCCC2)N(c2ccccc2)C(C(C)(C)C)N1c1ccccc1C. The highest BCUT2D eigenvalue weighted by Crippen LogP contribution is 2.49. The third-order valence-corrected chi connectivity index (χ3v) is 6.66. The molecule has 1 fully saturated rings. The lowest BCUT2D eigenvalue weighted by Crippen LogP contribution is -2.50. The van der Waals surface area contributed by atoms with E-state index >= 15 is 0 Å². The third-order valence-electron chi connectivity index (χ3n) is 6.66. The second-order valence-corrected chi connectivity index (χ2v) is 9.91. The summed E-state index contributed by atoms with van der Waals surface area (Å²) in [6.45, 7) is 11.8. The van der Waals surface area contributed by atoms with Gasteiger partial charge in [-0.1, -0.05) is 76.4 Å². The number of nitrogens with zero attached hydrogens (tertiary/aromatic N) is 2. The largest absolute Gasteiger partial charge is 0.322 e.